The van der Waals surface area contributed by atoms with E-state index in [1.54, 1.807) is 0 Å². The summed E-state index contributed by atoms with van der Waals surface area (Å²) in [5, 5.41) is 8.58. The first-order valence-corrected chi connectivity index (χ1v) is 4.51. The Balaban J connectivity index is 3.79. The van der Waals surface area contributed by atoms with Gasteiger partial charge in [0.2, 0.25) is 0 Å². The first-order chi connectivity index (χ1) is 8.50. The van der Waals surface area contributed by atoms with Crippen molar-refractivity contribution in [3.8, 4) is 6.07 Å². The molecule has 0 aromatic heterocycles. The summed E-state index contributed by atoms with van der Waals surface area (Å²) in [5.74, 6) is -1.75. The number of halogens is 6. The fourth-order valence-electron chi connectivity index (χ4n) is 1.45. The standard InChI is InChI=1S/C10H4F6N2O/c11-9(12,13)5-1-2-6(10(14,15)16)7(8(18)19)4(5)3-17/h1-2H,(H2,18,19). The van der Waals surface area contributed by atoms with Crippen LogP contribution in [0.5, 0.6) is 0 Å². The van der Waals surface area contributed by atoms with E-state index in [4.69, 9.17) is 5.26 Å². The van der Waals surface area contributed by atoms with Gasteiger partial charge in [0.05, 0.1) is 22.3 Å². The van der Waals surface area contributed by atoms with Crippen molar-refractivity contribution in [1.29, 1.82) is 5.26 Å². The highest BCUT2D eigenvalue weighted by molar-refractivity contribution is 5.97. The molecule has 0 atom stereocenters. The molecule has 0 bridgehead atoms. The van der Waals surface area contributed by atoms with Gasteiger partial charge in [-0.15, -0.1) is 0 Å². The van der Waals surface area contributed by atoms with E-state index in [9.17, 15) is 31.1 Å². The molecule has 0 unspecified atom stereocenters. The molecule has 0 spiro atoms. The average Bonchev–Trinajstić information content (AvgIpc) is 2.24. The van der Waals surface area contributed by atoms with Gasteiger partial charge in [-0.2, -0.15) is 31.6 Å². The Labute approximate surface area is 102 Å². The van der Waals surface area contributed by atoms with E-state index in [2.05, 4.69) is 5.73 Å². The number of hydrogen-bond acceptors (Lipinski definition) is 2. The molecule has 0 radical (unpaired) electrons. The third-order valence-corrected chi connectivity index (χ3v) is 2.17. The monoisotopic (exact) mass is 282 g/mol. The zero-order valence-corrected chi connectivity index (χ0v) is 8.86. The van der Waals surface area contributed by atoms with Crippen LogP contribution in [0.15, 0.2) is 12.1 Å². The third kappa shape index (κ3) is 2.78. The molecule has 1 aromatic rings. The van der Waals surface area contributed by atoms with Gasteiger partial charge in [-0.25, -0.2) is 0 Å². The number of primary amides is 1. The summed E-state index contributed by atoms with van der Waals surface area (Å²) < 4.78 is 75.2. The molecule has 1 amide bonds. The van der Waals surface area contributed by atoms with Gasteiger partial charge >= 0.3 is 12.4 Å². The van der Waals surface area contributed by atoms with Crippen LogP contribution in [-0.4, -0.2) is 5.91 Å². The predicted octanol–water partition coefficient (Wildman–Crippen LogP) is 2.69. The van der Waals surface area contributed by atoms with E-state index < -0.39 is 40.5 Å². The van der Waals surface area contributed by atoms with Crippen LogP contribution in [0, 0.1) is 11.3 Å². The largest absolute Gasteiger partial charge is 0.417 e. The minimum Gasteiger partial charge on any atom is -0.366 e. The maximum Gasteiger partial charge on any atom is 0.417 e. The zero-order chi connectivity index (χ0) is 15.0. The summed E-state index contributed by atoms with van der Waals surface area (Å²) in [4.78, 5) is 10.9. The van der Waals surface area contributed by atoms with Crippen molar-refractivity contribution in [2.24, 2.45) is 5.73 Å². The fourth-order valence-corrected chi connectivity index (χ4v) is 1.45. The topological polar surface area (TPSA) is 66.9 Å². The highest BCUT2D eigenvalue weighted by Crippen LogP contribution is 2.39. The van der Waals surface area contributed by atoms with Crippen molar-refractivity contribution in [1.82, 2.24) is 0 Å². The number of nitrogens with two attached hydrogens (primary N) is 1. The summed E-state index contributed by atoms with van der Waals surface area (Å²) in [5.41, 5.74) is -1.59. The Morgan fingerprint density at radius 1 is 1.05 bits per heavy atom. The van der Waals surface area contributed by atoms with Crippen molar-refractivity contribution in [2.45, 2.75) is 12.4 Å². The van der Waals surface area contributed by atoms with E-state index in [1.807, 2.05) is 0 Å². The maximum atomic E-state index is 12.6. The highest BCUT2D eigenvalue weighted by Gasteiger charge is 2.41. The third-order valence-electron chi connectivity index (χ3n) is 2.17. The molecular weight excluding hydrogens is 278 g/mol. The first kappa shape index (κ1) is 14.8. The SMILES string of the molecule is N#Cc1c(C(F)(F)F)ccc(C(F)(F)F)c1C(N)=O. The summed E-state index contributed by atoms with van der Waals surface area (Å²) in [6, 6.07) is 1.11. The van der Waals surface area contributed by atoms with Gasteiger partial charge in [-0.3, -0.25) is 4.79 Å². The number of rotatable bonds is 1. The van der Waals surface area contributed by atoms with Crippen LogP contribution in [0.3, 0.4) is 0 Å². The van der Waals surface area contributed by atoms with Crippen LogP contribution in [0.4, 0.5) is 26.3 Å². The molecule has 0 aliphatic rings. The Morgan fingerprint density at radius 2 is 1.47 bits per heavy atom. The van der Waals surface area contributed by atoms with Crippen LogP contribution in [-0.2, 0) is 12.4 Å². The van der Waals surface area contributed by atoms with Crippen LogP contribution in [0.2, 0.25) is 0 Å². The minimum absolute atomic E-state index is 0.0732. The van der Waals surface area contributed by atoms with Gasteiger partial charge in [0, 0.05) is 0 Å². The van der Waals surface area contributed by atoms with Crippen LogP contribution in [0.25, 0.3) is 0 Å². The molecule has 2 N–H and O–H groups in total. The molecule has 1 rings (SSSR count). The second-order valence-electron chi connectivity index (χ2n) is 3.38. The van der Waals surface area contributed by atoms with E-state index in [-0.39, 0.29) is 12.1 Å². The molecule has 0 aliphatic heterocycles. The Morgan fingerprint density at radius 3 is 1.79 bits per heavy atom. The van der Waals surface area contributed by atoms with Crippen molar-refractivity contribution >= 4 is 5.91 Å². The second-order valence-corrected chi connectivity index (χ2v) is 3.38. The summed E-state index contributed by atoms with van der Waals surface area (Å²) in [7, 11) is 0. The predicted molar refractivity (Wildman–Crippen MR) is 49.7 cm³/mol. The number of nitrogens with zero attached hydrogens (tertiary/aromatic N) is 1. The van der Waals surface area contributed by atoms with Crippen LogP contribution < -0.4 is 5.73 Å². The number of nitriles is 1. The molecule has 3 nitrogen and oxygen atoms in total. The smallest absolute Gasteiger partial charge is 0.366 e. The molecule has 0 fully saturated rings. The van der Waals surface area contributed by atoms with E-state index in [0.29, 0.717) is 0 Å². The summed E-state index contributed by atoms with van der Waals surface area (Å²) in [6.45, 7) is 0. The lowest BCUT2D eigenvalue weighted by atomic mass is 9.95. The van der Waals surface area contributed by atoms with Crippen molar-refractivity contribution < 1.29 is 31.1 Å². The first-order valence-electron chi connectivity index (χ1n) is 4.51. The van der Waals surface area contributed by atoms with Gasteiger partial charge in [-0.05, 0) is 12.1 Å². The second kappa shape index (κ2) is 4.46. The van der Waals surface area contributed by atoms with Crippen LogP contribution in [0.1, 0.15) is 27.0 Å². The number of benzene rings is 1. The summed E-state index contributed by atoms with van der Waals surface area (Å²) >= 11 is 0. The molecule has 19 heavy (non-hydrogen) atoms. The van der Waals surface area contributed by atoms with Gasteiger partial charge in [0.1, 0.15) is 6.07 Å². The van der Waals surface area contributed by atoms with E-state index >= 15 is 0 Å². The molecule has 0 heterocycles. The van der Waals surface area contributed by atoms with Gasteiger partial charge < -0.3 is 5.73 Å². The molecule has 1 aromatic carbocycles. The van der Waals surface area contributed by atoms with Crippen molar-refractivity contribution in [3.05, 3.63) is 34.4 Å². The number of alkyl halides is 6. The Hall–Kier alpha value is -2.24. The van der Waals surface area contributed by atoms with Crippen LogP contribution >= 0.6 is 0 Å². The maximum absolute atomic E-state index is 12.6. The van der Waals surface area contributed by atoms with Gasteiger partial charge in [-0.1, -0.05) is 0 Å². The van der Waals surface area contributed by atoms with Crippen molar-refractivity contribution in [3.63, 3.8) is 0 Å². The molecule has 102 valence electrons. The van der Waals surface area contributed by atoms with E-state index in [1.165, 1.54) is 0 Å². The number of carbonyl (C=O) groups is 1. The lowest BCUT2D eigenvalue weighted by Gasteiger charge is -2.16. The van der Waals surface area contributed by atoms with Gasteiger partial charge in [0.25, 0.3) is 5.91 Å². The summed E-state index contributed by atoms with van der Waals surface area (Å²) in [6.07, 6.45) is -10.2. The lowest BCUT2D eigenvalue weighted by molar-refractivity contribution is -0.141. The molecule has 0 saturated carbocycles. The average molecular weight is 282 g/mol. The molecule has 0 aliphatic carbocycles. The quantitative estimate of drug-likeness (QED) is 0.805. The molecular formula is C10H4F6N2O. The lowest BCUT2D eigenvalue weighted by Crippen LogP contribution is -2.23. The minimum atomic E-state index is -5.10. The van der Waals surface area contributed by atoms with Crippen molar-refractivity contribution in [2.75, 3.05) is 0 Å². The normalized spacial score (nSPS) is 12.1. The number of hydrogen-bond donors (Lipinski definition) is 1. The highest BCUT2D eigenvalue weighted by atomic mass is 19.4. The number of amides is 1. The van der Waals surface area contributed by atoms with E-state index in [0.717, 1.165) is 6.07 Å². The Bertz CT molecular complexity index is 567. The zero-order valence-electron chi connectivity index (χ0n) is 8.86. The number of carbonyl (C=O) groups excluding carboxylic acids is 1. The molecule has 0 saturated heterocycles. The molecule has 9 heteroatoms. The Kier molecular flexibility index (Phi) is 3.48. The fraction of sp³-hybridized carbons (Fsp3) is 0.200. The van der Waals surface area contributed by atoms with Gasteiger partial charge in [0.15, 0.2) is 0 Å².